The summed E-state index contributed by atoms with van der Waals surface area (Å²) in [5.41, 5.74) is 2.70. The molecule has 3 aromatic rings. The first kappa shape index (κ1) is 11.8. The average Bonchev–Trinajstić information content (AvgIpc) is 2.73. The van der Waals surface area contributed by atoms with Crippen LogP contribution >= 0.6 is 11.6 Å². The number of fused-ring (bicyclic) bond motifs is 1. The fourth-order valence-corrected chi connectivity index (χ4v) is 2.59. The van der Waals surface area contributed by atoms with Crippen molar-refractivity contribution in [3.05, 3.63) is 70.9 Å². The number of para-hydroxylation sites is 1. The van der Waals surface area contributed by atoms with Gasteiger partial charge in [-0.15, -0.1) is 0 Å². The van der Waals surface area contributed by atoms with Crippen LogP contribution in [0.1, 0.15) is 11.1 Å². The third-order valence-corrected chi connectivity index (χ3v) is 3.60. The van der Waals surface area contributed by atoms with Crippen LogP contribution in [0.2, 0.25) is 5.15 Å². The third kappa shape index (κ3) is 1.99. The molecule has 0 radical (unpaired) electrons. The Hall–Kier alpha value is -2.24. The van der Waals surface area contributed by atoms with Gasteiger partial charge in [-0.1, -0.05) is 60.1 Å². The van der Waals surface area contributed by atoms with Gasteiger partial charge in [0, 0.05) is 11.9 Å². The van der Waals surface area contributed by atoms with Crippen molar-refractivity contribution >= 4 is 22.5 Å². The van der Waals surface area contributed by atoms with Crippen molar-refractivity contribution in [3.63, 3.8) is 0 Å². The summed E-state index contributed by atoms with van der Waals surface area (Å²) in [6, 6.07) is 20.1. The largest absolute Gasteiger partial charge is 0.326 e. The van der Waals surface area contributed by atoms with Crippen LogP contribution in [0.3, 0.4) is 0 Å². The van der Waals surface area contributed by atoms with E-state index in [-0.39, 0.29) is 0 Å². The maximum absolute atomic E-state index is 9.25. The molecule has 0 unspecified atom stereocenters. The van der Waals surface area contributed by atoms with E-state index < -0.39 is 0 Å². The predicted molar refractivity (Wildman–Crippen MR) is 77.2 cm³/mol. The van der Waals surface area contributed by atoms with Crippen LogP contribution in [0.25, 0.3) is 10.9 Å². The molecule has 19 heavy (non-hydrogen) atoms. The topological polar surface area (TPSA) is 28.7 Å². The van der Waals surface area contributed by atoms with E-state index in [0.717, 1.165) is 16.5 Å². The predicted octanol–water partition coefficient (Wildman–Crippen LogP) is 4.21. The maximum atomic E-state index is 9.25. The Balaban J connectivity index is 2.19. The van der Waals surface area contributed by atoms with Gasteiger partial charge < -0.3 is 4.57 Å². The molecule has 0 saturated carbocycles. The van der Waals surface area contributed by atoms with Crippen molar-refractivity contribution in [3.8, 4) is 6.07 Å². The van der Waals surface area contributed by atoms with Gasteiger partial charge in [0.1, 0.15) is 11.2 Å². The van der Waals surface area contributed by atoms with E-state index in [0.29, 0.717) is 17.3 Å². The van der Waals surface area contributed by atoms with Crippen LogP contribution in [-0.2, 0) is 6.54 Å². The molecule has 92 valence electrons. The van der Waals surface area contributed by atoms with Gasteiger partial charge >= 0.3 is 0 Å². The standard InChI is InChI=1S/C16H11ClN2/c17-16-14(10-18)13-8-4-5-9-15(13)19(16)11-12-6-2-1-3-7-12/h1-9H,11H2. The van der Waals surface area contributed by atoms with Crippen molar-refractivity contribution in [2.75, 3.05) is 0 Å². The number of nitriles is 1. The van der Waals surface area contributed by atoms with Crippen LogP contribution in [0.5, 0.6) is 0 Å². The first-order valence-corrected chi connectivity index (χ1v) is 6.40. The summed E-state index contributed by atoms with van der Waals surface area (Å²) in [6.07, 6.45) is 0. The number of halogens is 1. The molecular weight excluding hydrogens is 256 g/mol. The second-order valence-corrected chi connectivity index (χ2v) is 4.72. The number of nitrogens with zero attached hydrogens (tertiary/aromatic N) is 2. The lowest BCUT2D eigenvalue weighted by atomic mass is 10.2. The van der Waals surface area contributed by atoms with Crippen molar-refractivity contribution in [1.82, 2.24) is 4.57 Å². The zero-order valence-electron chi connectivity index (χ0n) is 10.2. The normalized spacial score (nSPS) is 10.5. The van der Waals surface area contributed by atoms with Crippen molar-refractivity contribution in [2.24, 2.45) is 0 Å². The minimum atomic E-state index is 0.507. The molecule has 0 N–H and O–H groups in total. The molecule has 1 heterocycles. The van der Waals surface area contributed by atoms with Crippen LogP contribution in [-0.4, -0.2) is 4.57 Å². The van der Waals surface area contributed by atoms with E-state index >= 15 is 0 Å². The van der Waals surface area contributed by atoms with Gasteiger partial charge in [0.05, 0.1) is 11.1 Å². The molecule has 0 amide bonds. The molecule has 1 aromatic heterocycles. The number of hydrogen-bond acceptors (Lipinski definition) is 1. The number of aromatic nitrogens is 1. The van der Waals surface area contributed by atoms with E-state index in [1.165, 1.54) is 0 Å². The van der Waals surface area contributed by atoms with Gasteiger partial charge in [0.2, 0.25) is 0 Å². The molecule has 3 heteroatoms. The first-order chi connectivity index (χ1) is 9.31. The van der Waals surface area contributed by atoms with Gasteiger partial charge in [-0.3, -0.25) is 0 Å². The van der Waals surface area contributed by atoms with E-state index in [9.17, 15) is 5.26 Å². The van der Waals surface area contributed by atoms with Gasteiger partial charge in [0.15, 0.2) is 0 Å². The van der Waals surface area contributed by atoms with Gasteiger partial charge in [-0.05, 0) is 11.6 Å². The van der Waals surface area contributed by atoms with E-state index in [4.69, 9.17) is 11.6 Å². The quantitative estimate of drug-likeness (QED) is 0.683. The molecule has 2 aromatic carbocycles. The highest BCUT2D eigenvalue weighted by atomic mass is 35.5. The molecule has 0 fully saturated rings. The molecule has 2 nitrogen and oxygen atoms in total. The van der Waals surface area contributed by atoms with Gasteiger partial charge in [-0.2, -0.15) is 5.26 Å². The highest BCUT2D eigenvalue weighted by molar-refractivity contribution is 6.32. The summed E-state index contributed by atoms with van der Waals surface area (Å²) < 4.78 is 1.98. The van der Waals surface area contributed by atoms with Crippen molar-refractivity contribution < 1.29 is 0 Å². The Labute approximate surface area is 116 Å². The van der Waals surface area contributed by atoms with E-state index in [1.807, 2.05) is 47.0 Å². The van der Waals surface area contributed by atoms with Crippen molar-refractivity contribution in [1.29, 1.82) is 5.26 Å². The molecule has 0 spiro atoms. The lowest BCUT2D eigenvalue weighted by Crippen LogP contribution is -1.99. The maximum Gasteiger partial charge on any atom is 0.128 e. The smallest absolute Gasteiger partial charge is 0.128 e. The van der Waals surface area contributed by atoms with Crippen LogP contribution in [0, 0.1) is 11.3 Å². The Kier molecular flexibility index (Phi) is 2.98. The average molecular weight is 267 g/mol. The van der Waals surface area contributed by atoms with Gasteiger partial charge in [0.25, 0.3) is 0 Å². The number of benzene rings is 2. The molecule has 0 aliphatic carbocycles. The zero-order chi connectivity index (χ0) is 13.2. The minimum absolute atomic E-state index is 0.507. The van der Waals surface area contributed by atoms with Crippen molar-refractivity contribution in [2.45, 2.75) is 6.54 Å². The highest BCUT2D eigenvalue weighted by Crippen LogP contribution is 2.30. The first-order valence-electron chi connectivity index (χ1n) is 6.02. The fourth-order valence-electron chi connectivity index (χ4n) is 2.30. The Morgan fingerprint density at radius 2 is 1.68 bits per heavy atom. The molecule has 0 aliphatic heterocycles. The summed E-state index contributed by atoms with van der Waals surface area (Å²) in [5.74, 6) is 0. The Bertz CT molecular complexity index is 767. The van der Waals surface area contributed by atoms with Crippen LogP contribution in [0.15, 0.2) is 54.6 Å². The SMILES string of the molecule is N#Cc1c(Cl)n(Cc2ccccc2)c2ccccc12. The van der Waals surface area contributed by atoms with Crippen LogP contribution < -0.4 is 0 Å². The third-order valence-electron chi connectivity index (χ3n) is 3.20. The number of hydrogen-bond donors (Lipinski definition) is 0. The summed E-state index contributed by atoms with van der Waals surface area (Å²) in [5, 5.41) is 10.7. The van der Waals surface area contributed by atoms with E-state index in [2.05, 4.69) is 18.2 Å². The fraction of sp³-hybridized carbons (Fsp3) is 0.0625. The minimum Gasteiger partial charge on any atom is -0.326 e. The summed E-state index contributed by atoms with van der Waals surface area (Å²) in [7, 11) is 0. The van der Waals surface area contributed by atoms with E-state index in [1.54, 1.807) is 0 Å². The van der Waals surface area contributed by atoms with Crippen LogP contribution in [0.4, 0.5) is 0 Å². The second-order valence-electron chi connectivity index (χ2n) is 4.37. The monoisotopic (exact) mass is 266 g/mol. The molecular formula is C16H11ClN2. The molecule has 0 saturated heterocycles. The molecule has 0 atom stereocenters. The summed E-state index contributed by atoms with van der Waals surface area (Å²) in [6.45, 7) is 0.669. The molecule has 3 rings (SSSR count). The summed E-state index contributed by atoms with van der Waals surface area (Å²) >= 11 is 6.34. The Morgan fingerprint density at radius 3 is 2.42 bits per heavy atom. The lowest BCUT2D eigenvalue weighted by Gasteiger charge is -2.07. The molecule has 0 aliphatic rings. The summed E-state index contributed by atoms with van der Waals surface area (Å²) in [4.78, 5) is 0. The highest BCUT2D eigenvalue weighted by Gasteiger charge is 2.14. The molecule has 0 bridgehead atoms. The lowest BCUT2D eigenvalue weighted by molar-refractivity contribution is 0.837. The zero-order valence-corrected chi connectivity index (χ0v) is 10.9. The number of rotatable bonds is 2. The van der Waals surface area contributed by atoms with Gasteiger partial charge in [-0.25, -0.2) is 0 Å². The Morgan fingerprint density at radius 1 is 1.00 bits per heavy atom. The second kappa shape index (κ2) is 4.79.